The van der Waals surface area contributed by atoms with Gasteiger partial charge in [-0.05, 0) is 31.3 Å². The third-order valence-electron chi connectivity index (χ3n) is 4.53. The number of morpholine rings is 1. The number of nitrogens with zero attached hydrogens (tertiary/aromatic N) is 3. The first kappa shape index (κ1) is 18.7. The number of hydrogen-bond acceptors (Lipinski definition) is 6. The zero-order valence-corrected chi connectivity index (χ0v) is 15.8. The molecule has 8 nitrogen and oxygen atoms in total. The predicted octanol–water partition coefficient (Wildman–Crippen LogP) is -0.356. The number of ether oxygens (including phenoxy) is 1. The molecule has 0 saturated carbocycles. The molecule has 2 fully saturated rings. The second kappa shape index (κ2) is 7.29. The normalized spacial score (nSPS) is 22.1. The van der Waals surface area contributed by atoms with E-state index in [-0.39, 0.29) is 9.79 Å². The fourth-order valence-electron chi connectivity index (χ4n) is 2.90. The van der Waals surface area contributed by atoms with Gasteiger partial charge in [-0.2, -0.15) is 8.61 Å². The summed E-state index contributed by atoms with van der Waals surface area (Å²) in [5, 5.41) is 0. The van der Waals surface area contributed by atoms with E-state index in [4.69, 9.17) is 4.74 Å². The van der Waals surface area contributed by atoms with E-state index in [9.17, 15) is 16.8 Å². The Balaban J connectivity index is 1.80. The number of piperazine rings is 1. The average molecular weight is 389 g/mol. The van der Waals surface area contributed by atoms with Crippen LogP contribution in [0, 0.1) is 0 Å². The largest absolute Gasteiger partial charge is 0.379 e. The Kier molecular flexibility index (Phi) is 5.47. The van der Waals surface area contributed by atoms with Crippen molar-refractivity contribution in [3.8, 4) is 0 Å². The van der Waals surface area contributed by atoms with E-state index < -0.39 is 20.0 Å². The number of sulfonamides is 2. The minimum atomic E-state index is -3.62. The Hall–Kier alpha value is -1.04. The van der Waals surface area contributed by atoms with Crippen molar-refractivity contribution in [3.63, 3.8) is 0 Å². The summed E-state index contributed by atoms with van der Waals surface area (Å²) in [5.41, 5.74) is 0. The highest BCUT2D eigenvalue weighted by molar-refractivity contribution is 7.89. The van der Waals surface area contributed by atoms with Gasteiger partial charge in [0, 0.05) is 39.3 Å². The van der Waals surface area contributed by atoms with Crippen molar-refractivity contribution in [2.24, 2.45) is 0 Å². The Labute approximate surface area is 149 Å². The Morgan fingerprint density at radius 1 is 0.720 bits per heavy atom. The summed E-state index contributed by atoms with van der Waals surface area (Å²) in [5.74, 6) is 0. The molecule has 2 heterocycles. The van der Waals surface area contributed by atoms with Gasteiger partial charge in [0.25, 0.3) is 0 Å². The standard InChI is InChI=1S/C15H23N3O5S2/c1-16-6-8-17(9-7-16)24(19,20)14-2-4-15(5-3-14)25(21,22)18-10-12-23-13-11-18/h2-5H,6-13H2,1H3. The number of hydrogen-bond donors (Lipinski definition) is 0. The second-order valence-electron chi connectivity index (χ2n) is 6.20. The van der Waals surface area contributed by atoms with Crippen LogP contribution in [0.3, 0.4) is 0 Å². The van der Waals surface area contributed by atoms with E-state index >= 15 is 0 Å². The molecule has 140 valence electrons. The van der Waals surface area contributed by atoms with Crippen LogP contribution in [0.15, 0.2) is 34.1 Å². The molecule has 3 rings (SSSR count). The third-order valence-corrected chi connectivity index (χ3v) is 8.36. The fourth-order valence-corrected chi connectivity index (χ4v) is 5.73. The van der Waals surface area contributed by atoms with Crippen LogP contribution >= 0.6 is 0 Å². The molecule has 2 saturated heterocycles. The van der Waals surface area contributed by atoms with E-state index in [0.717, 1.165) is 0 Å². The zero-order valence-electron chi connectivity index (χ0n) is 14.2. The molecule has 0 unspecified atom stereocenters. The van der Waals surface area contributed by atoms with Crippen molar-refractivity contribution in [2.75, 3.05) is 59.5 Å². The van der Waals surface area contributed by atoms with Gasteiger partial charge in [-0.25, -0.2) is 16.8 Å². The summed E-state index contributed by atoms with van der Waals surface area (Å²) in [6.07, 6.45) is 0. The summed E-state index contributed by atoms with van der Waals surface area (Å²) in [6, 6.07) is 5.49. The quantitative estimate of drug-likeness (QED) is 0.699. The van der Waals surface area contributed by atoms with Crippen LogP contribution in [0.5, 0.6) is 0 Å². The summed E-state index contributed by atoms with van der Waals surface area (Å²) < 4.78 is 58.5. The highest BCUT2D eigenvalue weighted by atomic mass is 32.2. The first-order chi connectivity index (χ1) is 11.8. The van der Waals surface area contributed by atoms with Gasteiger partial charge in [0.1, 0.15) is 0 Å². The van der Waals surface area contributed by atoms with Gasteiger partial charge in [0.15, 0.2) is 0 Å². The Morgan fingerprint density at radius 3 is 1.56 bits per heavy atom. The Bertz CT molecular complexity index is 794. The van der Waals surface area contributed by atoms with Crippen LogP contribution in [0.2, 0.25) is 0 Å². The topological polar surface area (TPSA) is 87.2 Å². The van der Waals surface area contributed by atoms with Gasteiger partial charge in [-0.1, -0.05) is 0 Å². The van der Waals surface area contributed by atoms with Crippen LogP contribution in [0.25, 0.3) is 0 Å². The minimum absolute atomic E-state index is 0.103. The molecule has 0 bridgehead atoms. The van der Waals surface area contributed by atoms with Gasteiger partial charge in [0.2, 0.25) is 20.0 Å². The van der Waals surface area contributed by atoms with Crippen LogP contribution < -0.4 is 0 Å². The van der Waals surface area contributed by atoms with E-state index in [1.54, 1.807) is 0 Å². The lowest BCUT2D eigenvalue weighted by Gasteiger charge is -2.31. The van der Waals surface area contributed by atoms with E-state index in [0.29, 0.717) is 52.5 Å². The molecule has 2 aliphatic rings. The smallest absolute Gasteiger partial charge is 0.243 e. The fraction of sp³-hybridized carbons (Fsp3) is 0.600. The lowest BCUT2D eigenvalue weighted by atomic mass is 10.4. The van der Waals surface area contributed by atoms with Gasteiger partial charge >= 0.3 is 0 Å². The van der Waals surface area contributed by atoms with Gasteiger partial charge in [0.05, 0.1) is 23.0 Å². The summed E-state index contributed by atoms with van der Waals surface area (Å²) in [7, 11) is -5.26. The molecule has 2 aliphatic heterocycles. The monoisotopic (exact) mass is 389 g/mol. The van der Waals surface area contributed by atoms with E-state index in [1.165, 1.54) is 32.9 Å². The number of rotatable bonds is 4. The molecule has 10 heteroatoms. The highest BCUT2D eigenvalue weighted by Crippen LogP contribution is 2.22. The number of benzene rings is 1. The molecule has 0 N–H and O–H groups in total. The summed E-state index contributed by atoms with van der Waals surface area (Å²) in [4.78, 5) is 2.30. The van der Waals surface area contributed by atoms with Crippen LogP contribution in [-0.2, 0) is 24.8 Å². The molecular weight excluding hydrogens is 366 g/mol. The molecule has 0 amide bonds. The van der Waals surface area contributed by atoms with E-state index in [1.807, 2.05) is 7.05 Å². The molecule has 1 aromatic carbocycles. The van der Waals surface area contributed by atoms with Crippen LogP contribution in [-0.4, -0.2) is 89.9 Å². The van der Waals surface area contributed by atoms with Crippen molar-refractivity contribution < 1.29 is 21.6 Å². The Morgan fingerprint density at radius 2 is 1.12 bits per heavy atom. The molecule has 0 aromatic heterocycles. The molecular formula is C15H23N3O5S2. The van der Waals surface area contributed by atoms with Gasteiger partial charge in [-0.3, -0.25) is 0 Å². The maximum absolute atomic E-state index is 12.7. The molecule has 1 aromatic rings. The summed E-state index contributed by atoms with van der Waals surface area (Å²) in [6.45, 7) is 3.60. The predicted molar refractivity (Wildman–Crippen MR) is 92.3 cm³/mol. The van der Waals surface area contributed by atoms with Gasteiger partial charge < -0.3 is 9.64 Å². The van der Waals surface area contributed by atoms with Crippen LogP contribution in [0.4, 0.5) is 0 Å². The van der Waals surface area contributed by atoms with Crippen molar-refractivity contribution >= 4 is 20.0 Å². The maximum atomic E-state index is 12.7. The summed E-state index contributed by atoms with van der Waals surface area (Å²) >= 11 is 0. The van der Waals surface area contributed by atoms with Crippen molar-refractivity contribution in [3.05, 3.63) is 24.3 Å². The first-order valence-corrected chi connectivity index (χ1v) is 11.1. The average Bonchev–Trinajstić information content (AvgIpc) is 2.63. The molecule has 0 aliphatic carbocycles. The van der Waals surface area contributed by atoms with Gasteiger partial charge in [-0.15, -0.1) is 0 Å². The molecule has 0 atom stereocenters. The molecule has 0 spiro atoms. The highest BCUT2D eigenvalue weighted by Gasteiger charge is 2.29. The van der Waals surface area contributed by atoms with Crippen LogP contribution in [0.1, 0.15) is 0 Å². The first-order valence-electron chi connectivity index (χ1n) is 8.18. The van der Waals surface area contributed by atoms with Crippen molar-refractivity contribution in [1.82, 2.24) is 13.5 Å². The maximum Gasteiger partial charge on any atom is 0.243 e. The molecule has 25 heavy (non-hydrogen) atoms. The lowest BCUT2D eigenvalue weighted by molar-refractivity contribution is 0.0730. The SMILES string of the molecule is CN1CCN(S(=O)(=O)c2ccc(S(=O)(=O)N3CCOCC3)cc2)CC1. The lowest BCUT2D eigenvalue weighted by Crippen LogP contribution is -2.47. The zero-order chi connectivity index (χ0) is 18.1. The van der Waals surface area contributed by atoms with E-state index in [2.05, 4.69) is 4.90 Å². The second-order valence-corrected chi connectivity index (χ2v) is 10.1. The third kappa shape index (κ3) is 3.88. The molecule has 0 radical (unpaired) electrons. The van der Waals surface area contributed by atoms with Crippen molar-refractivity contribution in [2.45, 2.75) is 9.79 Å². The minimum Gasteiger partial charge on any atom is -0.379 e. The van der Waals surface area contributed by atoms with Crippen molar-refractivity contribution in [1.29, 1.82) is 0 Å². The number of likely N-dealkylation sites (N-methyl/N-ethyl adjacent to an activating group) is 1.